The topological polar surface area (TPSA) is 128 Å². The summed E-state index contributed by atoms with van der Waals surface area (Å²) in [5.41, 5.74) is 5.37. The maximum Gasteiger partial charge on any atom is 0.229 e. The van der Waals surface area contributed by atoms with E-state index in [-0.39, 0.29) is 6.10 Å². The van der Waals surface area contributed by atoms with Crippen molar-refractivity contribution < 1.29 is 14.2 Å². The minimum absolute atomic E-state index is 0.228. The highest BCUT2D eigenvalue weighted by Gasteiger charge is 2.20. The fraction of sp³-hybridized carbons (Fsp3) is 0.833. The van der Waals surface area contributed by atoms with Crippen LogP contribution in [0.25, 0.3) is 0 Å². The van der Waals surface area contributed by atoms with Crippen molar-refractivity contribution in [3.05, 3.63) is 0 Å². The minimum Gasteiger partial charge on any atom is -0.378 e. The molecule has 1 aromatic heterocycles. The predicted octanol–water partition coefficient (Wildman–Crippen LogP) is 0.831. The van der Waals surface area contributed by atoms with Gasteiger partial charge in [0.1, 0.15) is 0 Å². The maximum absolute atomic E-state index is 5.65. The molecule has 1 aliphatic heterocycles. The first-order valence-electron chi connectivity index (χ1n) is 10.3. The number of ether oxygens (including phenoxy) is 3. The summed E-state index contributed by atoms with van der Waals surface area (Å²) < 4.78 is 16.4. The van der Waals surface area contributed by atoms with Crippen LogP contribution in [0.2, 0.25) is 0 Å². The molecule has 1 aliphatic carbocycles. The zero-order chi connectivity index (χ0) is 19.4. The van der Waals surface area contributed by atoms with Crippen molar-refractivity contribution in [3.8, 4) is 0 Å². The van der Waals surface area contributed by atoms with Crippen LogP contribution in [0, 0.1) is 0 Å². The van der Waals surface area contributed by atoms with Gasteiger partial charge < -0.3 is 35.9 Å². The van der Waals surface area contributed by atoms with E-state index in [1.165, 1.54) is 6.42 Å². The van der Waals surface area contributed by atoms with Crippen LogP contribution in [0.1, 0.15) is 32.1 Å². The Bertz CT molecular complexity index is 568. The van der Waals surface area contributed by atoms with Gasteiger partial charge in [-0.1, -0.05) is 0 Å². The van der Waals surface area contributed by atoms with Crippen molar-refractivity contribution in [2.24, 2.45) is 5.73 Å². The zero-order valence-corrected chi connectivity index (χ0v) is 16.5. The fourth-order valence-electron chi connectivity index (χ4n) is 2.98. The molecule has 1 saturated carbocycles. The number of hydrogen-bond donors (Lipinski definition) is 4. The fourth-order valence-corrected chi connectivity index (χ4v) is 2.98. The van der Waals surface area contributed by atoms with Crippen molar-refractivity contribution in [3.63, 3.8) is 0 Å². The summed E-state index contributed by atoms with van der Waals surface area (Å²) in [5.74, 6) is 1.70. The minimum atomic E-state index is 0.228. The predicted molar refractivity (Wildman–Crippen MR) is 108 cm³/mol. The zero-order valence-electron chi connectivity index (χ0n) is 16.5. The molecule has 0 radical (unpaired) electrons. The van der Waals surface area contributed by atoms with Crippen molar-refractivity contribution in [2.75, 3.05) is 68.6 Å². The van der Waals surface area contributed by atoms with E-state index in [2.05, 4.69) is 30.9 Å². The van der Waals surface area contributed by atoms with Gasteiger partial charge in [-0.05, 0) is 32.1 Å². The van der Waals surface area contributed by atoms with Crippen LogP contribution >= 0.6 is 0 Å². The average Bonchev–Trinajstić information content (AvgIpc) is 3.19. The lowest BCUT2D eigenvalue weighted by atomic mass is 9.93. The summed E-state index contributed by atoms with van der Waals surface area (Å²) in [4.78, 5) is 13.5. The van der Waals surface area contributed by atoms with Crippen LogP contribution in [-0.2, 0) is 14.2 Å². The molecular weight excluding hydrogens is 362 g/mol. The SMILES string of the molecule is NCCOCCOCCNc1nc(NCC2CCCO2)nc(NC2CCC2)n1. The Morgan fingerprint density at radius 3 is 2.32 bits per heavy atom. The Labute approximate surface area is 166 Å². The summed E-state index contributed by atoms with van der Waals surface area (Å²) in [6.45, 7) is 4.88. The van der Waals surface area contributed by atoms with Gasteiger partial charge in [-0.2, -0.15) is 15.0 Å². The van der Waals surface area contributed by atoms with E-state index in [4.69, 9.17) is 19.9 Å². The Morgan fingerprint density at radius 1 is 0.893 bits per heavy atom. The normalized spacial score (nSPS) is 19.4. The third-order valence-electron chi connectivity index (χ3n) is 4.75. The second-order valence-corrected chi connectivity index (χ2v) is 7.03. The molecule has 0 spiro atoms. The molecule has 1 atom stereocenters. The molecular formula is C18H33N7O3. The van der Waals surface area contributed by atoms with E-state index in [1.54, 1.807) is 0 Å². The number of nitrogens with one attached hydrogen (secondary N) is 3. The highest BCUT2D eigenvalue weighted by molar-refractivity contribution is 5.43. The van der Waals surface area contributed by atoms with E-state index in [9.17, 15) is 0 Å². The van der Waals surface area contributed by atoms with Gasteiger partial charge in [0.25, 0.3) is 0 Å². The van der Waals surface area contributed by atoms with Crippen molar-refractivity contribution in [1.82, 2.24) is 15.0 Å². The highest BCUT2D eigenvalue weighted by Crippen LogP contribution is 2.22. The van der Waals surface area contributed by atoms with Crippen LogP contribution < -0.4 is 21.7 Å². The van der Waals surface area contributed by atoms with Gasteiger partial charge in [0.05, 0.1) is 32.5 Å². The summed E-state index contributed by atoms with van der Waals surface area (Å²) in [7, 11) is 0. The highest BCUT2D eigenvalue weighted by atomic mass is 16.5. The Hall–Kier alpha value is -1.75. The monoisotopic (exact) mass is 395 g/mol. The molecule has 10 heteroatoms. The Kier molecular flexibility index (Phi) is 8.95. The molecule has 3 rings (SSSR count). The Balaban J connectivity index is 1.45. The molecule has 2 heterocycles. The number of aromatic nitrogens is 3. The molecule has 0 bridgehead atoms. The van der Waals surface area contributed by atoms with Crippen LogP contribution in [0.5, 0.6) is 0 Å². The van der Waals surface area contributed by atoms with Gasteiger partial charge in [0, 0.05) is 32.3 Å². The third-order valence-corrected chi connectivity index (χ3v) is 4.75. The summed E-state index contributed by atoms with van der Waals surface area (Å²) >= 11 is 0. The second-order valence-electron chi connectivity index (χ2n) is 7.03. The lowest BCUT2D eigenvalue weighted by Gasteiger charge is -2.26. The molecule has 2 fully saturated rings. The molecule has 1 unspecified atom stereocenters. The quantitative estimate of drug-likeness (QED) is 0.336. The molecule has 2 aliphatic rings. The lowest BCUT2D eigenvalue weighted by Crippen LogP contribution is -2.29. The lowest BCUT2D eigenvalue weighted by molar-refractivity contribution is 0.0547. The Morgan fingerprint density at radius 2 is 1.64 bits per heavy atom. The van der Waals surface area contributed by atoms with E-state index in [0.29, 0.717) is 69.9 Å². The first-order valence-corrected chi connectivity index (χ1v) is 10.3. The molecule has 158 valence electrons. The van der Waals surface area contributed by atoms with E-state index in [0.717, 1.165) is 32.3 Å². The first kappa shape index (κ1) is 21.0. The third kappa shape index (κ3) is 7.34. The molecule has 10 nitrogen and oxygen atoms in total. The summed E-state index contributed by atoms with van der Waals surface area (Å²) in [5, 5.41) is 9.87. The number of hydrogen-bond acceptors (Lipinski definition) is 10. The standard InChI is InChI=1S/C18H33N7O3/c19-6-9-26-11-12-27-10-7-20-16-23-17(21-13-15-5-2-8-28-15)25-18(24-16)22-14-3-1-4-14/h14-15H,1-13,19H2,(H3,20,21,22,23,24,25). The number of nitrogens with zero attached hydrogens (tertiary/aromatic N) is 3. The molecule has 0 aromatic carbocycles. The number of rotatable bonds is 14. The van der Waals surface area contributed by atoms with Gasteiger partial charge in [-0.15, -0.1) is 0 Å². The molecule has 1 saturated heterocycles. The van der Waals surface area contributed by atoms with Gasteiger partial charge in [-0.3, -0.25) is 0 Å². The van der Waals surface area contributed by atoms with E-state index in [1.807, 2.05) is 0 Å². The molecule has 5 N–H and O–H groups in total. The van der Waals surface area contributed by atoms with Gasteiger partial charge in [-0.25, -0.2) is 0 Å². The number of nitrogens with two attached hydrogens (primary N) is 1. The van der Waals surface area contributed by atoms with Crippen LogP contribution in [0.4, 0.5) is 17.8 Å². The van der Waals surface area contributed by atoms with Crippen molar-refractivity contribution in [2.45, 2.75) is 44.2 Å². The summed E-state index contributed by atoms with van der Waals surface area (Å²) in [6, 6.07) is 0.457. The largest absolute Gasteiger partial charge is 0.378 e. The van der Waals surface area contributed by atoms with Gasteiger partial charge >= 0.3 is 0 Å². The van der Waals surface area contributed by atoms with Crippen LogP contribution in [0.15, 0.2) is 0 Å². The summed E-state index contributed by atoms with van der Waals surface area (Å²) in [6.07, 6.45) is 5.99. The van der Waals surface area contributed by atoms with Crippen molar-refractivity contribution >= 4 is 17.8 Å². The molecule has 28 heavy (non-hydrogen) atoms. The van der Waals surface area contributed by atoms with Gasteiger partial charge in [0.15, 0.2) is 0 Å². The van der Waals surface area contributed by atoms with Crippen LogP contribution in [0.3, 0.4) is 0 Å². The molecule has 1 aromatic rings. The van der Waals surface area contributed by atoms with Crippen LogP contribution in [-0.4, -0.2) is 79.8 Å². The van der Waals surface area contributed by atoms with E-state index >= 15 is 0 Å². The average molecular weight is 396 g/mol. The second kappa shape index (κ2) is 11.9. The van der Waals surface area contributed by atoms with E-state index < -0.39 is 0 Å². The van der Waals surface area contributed by atoms with Crippen molar-refractivity contribution in [1.29, 1.82) is 0 Å². The number of anilines is 3. The maximum atomic E-state index is 5.65. The first-order chi connectivity index (χ1) is 13.8. The molecule has 0 amide bonds. The van der Waals surface area contributed by atoms with Gasteiger partial charge in [0.2, 0.25) is 17.8 Å². The smallest absolute Gasteiger partial charge is 0.229 e.